The third-order valence-corrected chi connectivity index (χ3v) is 6.84. The number of halogens is 1. The smallest absolute Gasteiger partial charge is 0.167 e. The normalized spacial score (nSPS) is 27.6. The number of rotatable bonds is 5. The minimum atomic E-state index is -1.12. The van der Waals surface area contributed by atoms with Gasteiger partial charge in [0.1, 0.15) is 24.6 Å². The number of imidazole rings is 1. The number of thiophene rings is 1. The Labute approximate surface area is 182 Å². The molecule has 10 heteroatoms. The number of hydrogen-bond donors (Lipinski definition) is 3. The Morgan fingerprint density at radius 2 is 2.00 bits per heavy atom. The Bertz CT molecular complexity index is 1060. The average molecular weight is 448 g/mol. The fourth-order valence-corrected chi connectivity index (χ4v) is 5.06. The van der Waals surface area contributed by atoms with E-state index in [-0.39, 0.29) is 0 Å². The number of aromatic nitrogens is 4. The first-order chi connectivity index (χ1) is 14.6. The summed E-state index contributed by atoms with van der Waals surface area (Å²) >= 11 is 7.38. The highest BCUT2D eigenvalue weighted by Gasteiger charge is 2.43. The fraction of sp³-hybridized carbons (Fsp3) is 0.450. The van der Waals surface area contributed by atoms with E-state index in [0.717, 1.165) is 17.7 Å². The fourth-order valence-electron chi connectivity index (χ4n) is 4.09. The lowest BCUT2D eigenvalue weighted by atomic mass is 10.1. The average Bonchev–Trinajstić information content (AvgIpc) is 3.52. The van der Waals surface area contributed by atoms with Crippen molar-refractivity contribution in [2.45, 2.75) is 56.3 Å². The van der Waals surface area contributed by atoms with Gasteiger partial charge in [-0.15, -0.1) is 11.3 Å². The van der Waals surface area contributed by atoms with Crippen LogP contribution in [0, 0.1) is 0 Å². The summed E-state index contributed by atoms with van der Waals surface area (Å²) in [5.41, 5.74) is 1.18. The molecule has 4 atom stereocenters. The highest BCUT2D eigenvalue weighted by atomic mass is 35.5. The monoisotopic (exact) mass is 447 g/mol. The molecule has 0 radical (unpaired) electrons. The van der Waals surface area contributed by atoms with Crippen molar-refractivity contribution in [3.63, 3.8) is 0 Å². The van der Waals surface area contributed by atoms with Gasteiger partial charge in [0.2, 0.25) is 0 Å². The summed E-state index contributed by atoms with van der Waals surface area (Å²) in [6, 6.07) is 4.09. The number of fused-ring (bicyclic) bond motifs is 1. The predicted octanol–water partition coefficient (Wildman–Crippen LogP) is 3.23. The molecule has 1 saturated carbocycles. The quantitative estimate of drug-likeness (QED) is 0.551. The van der Waals surface area contributed by atoms with Gasteiger partial charge >= 0.3 is 0 Å². The minimum Gasteiger partial charge on any atom is -0.387 e. The molecule has 0 aromatic carbocycles. The van der Waals surface area contributed by atoms with Crippen molar-refractivity contribution >= 4 is 46.0 Å². The van der Waals surface area contributed by atoms with Crippen LogP contribution >= 0.6 is 22.9 Å². The van der Waals surface area contributed by atoms with Crippen LogP contribution in [0.25, 0.3) is 17.2 Å². The highest BCUT2D eigenvalue weighted by molar-refractivity contribution is 7.16. The van der Waals surface area contributed by atoms with Crippen molar-refractivity contribution in [2.24, 2.45) is 0 Å². The van der Waals surface area contributed by atoms with E-state index >= 15 is 0 Å². The molecule has 158 valence electrons. The first-order valence-corrected chi connectivity index (χ1v) is 11.2. The number of aliphatic hydroxyl groups is 2. The zero-order valence-corrected chi connectivity index (χ0v) is 17.6. The standard InChI is InChI=1S/C20H22ClN5O3S/c21-14-8-6-12(30-14)5-7-13-16(27)17(28)20(29-13)26-10-24-15-18(22-9-23-19(15)26)25-11-3-1-2-4-11/h5-11,13,16-17,20,27-28H,1-4H2,(H,22,23,25)/t13-,16-,17-,20-/m1/s1. The van der Waals surface area contributed by atoms with E-state index in [4.69, 9.17) is 16.3 Å². The molecule has 3 aromatic rings. The van der Waals surface area contributed by atoms with Gasteiger partial charge in [0.25, 0.3) is 0 Å². The van der Waals surface area contributed by atoms with Gasteiger partial charge in [-0.1, -0.05) is 30.5 Å². The highest BCUT2D eigenvalue weighted by Crippen LogP contribution is 2.34. The number of aliphatic hydroxyl groups excluding tert-OH is 2. The molecule has 0 bridgehead atoms. The van der Waals surface area contributed by atoms with Crippen molar-refractivity contribution in [1.29, 1.82) is 0 Å². The molecule has 0 spiro atoms. The predicted molar refractivity (Wildman–Crippen MR) is 115 cm³/mol. The van der Waals surface area contributed by atoms with Crippen LogP contribution in [0.5, 0.6) is 0 Å². The molecule has 5 rings (SSSR count). The van der Waals surface area contributed by atoms with Crippen LogP contribution in [0.3, 0.4) is 0 Å². The third kappa shape index (κ3) is 3.72. The molecule has 30 heavy (non-hydrogen) atoms. The van der Waals surface area contributed by atoms with E-state index in [1.807, 2.05) is 18.2 Å². The number of anilines is 1. The van der Waals surface area contributed by atoms with Gasteiger partial charge in [-0.25, -0.2) is 15.0 Å². The van der Waals surface area contributed by atoms with Crippen molar-refractivity contribution < 1.29 is 14.9 Å². The van der Waals surface area contributed by atoms with Crippen molar-refractivity contribution in [1.82, 2.24) is 19.5 Å². The van der Waals surface area contributed by atoms with Gasteiger partial charge < -0.3 is 20.3 Å². The van der Waals surface area contributed by atoms with Gasteiger partial charge in [-0.3, -0.25) is 4.57 Å². The number of ether oxygens (including phenoxy) is 1. The molecular weight excluding hydrogens is 426 g/mol. The lowest BCUT2D eigenvalue weighted by Gasteiger charge is -2.17. The lowest BCUT2D eigenvalue weighted by molar-refractivity contribution is -0.0243. The van der Waals surface area contributed by atoms with E-state index in [0.29, 0.717) is 27.4 Å². The Hall–Kier alpha value is -2.04. The zero-order valence-electron chi connectivity index (χ0n) is 16.1. The molecule has 2 fully saturated rings. The van der Waals surface area contributed by atoms with Gasteiger partial charge in [-0.05, 0) is 31.1 Å². The van der Waals surface area contributed by atoms with Crippen LogP contribution in [0.4, 0.5) is 5.82 Å². The summed E-state index contributed by atoms with van der Waals surface area (Å²) in [6.45, 7) is 0. The van der Waals surface area contributed by atoms with Crippen LogP contribution < -0.4 is 5.32 Å². The van der Waals surface area contributed by atoms with Crippen molar-refractivity contribution in [3.8, 4) is 0 Å². The zero-order chi connectivity index (χ0) is 20.7. The van der Waals surface area contributed by atoms with Gasteiger partial charge in [0.15, 0.2) is 23.2 Å². The van der Waals surface area contributed by atoms with Gasteiger partial charge in [0.05, 0.1) is 10.7 Å². The molecule has 0 unspecified atom stereocenters. The molecule has 4 heterocycles. The molecule has 1 aliphatic carbocycles. The van der Waals surface area contributed by atoms with Crippen molar-refractivity contribution in [3.05, 3.63) is 40.1 Å². The summed E-state index contributed by atoms with van der Waals surface area (Å²) in [6.07, 6.45) is 7.62. The Morgan fingerprint density at radius 1 is 1.17 bits per heavy atom. The summed E-state index contributed by atoms with van der Waals surface area (Å²) in [5, 5.41) is 24.6. The van der Waals surface area contributed by atoms with E-state index in [2.05, 4.69) is 20.3 Å². The molecule has 1 aliphatic heterocycles. The number of nitrogens with one attached hydrogen (secondary N) is 1. The number of nitrogens with zero attached hydrogens (tertiary/aromatic N) is 4. The molecule has 3 aromatic heterocycles. The van der Waals surface area contributed by atoms with Crippen LogP contribution in [0.1, 0.15) is 36.8 Å². The van der Waals surface area contributed by atoms with Crippen LogP contribution in [-0.4, -0.2) is 54.1 Å². The van der Waals surface area contributed by atoms with Crippen molar-refractivity contribution in [2.75, 3.05) is 5.32 Å². The maximum atomic E-state index is 10.6. The second-order valence-electron chi connectivity index (χ2n) is 7.65. The summed E-state index contributed by atoms with van der Waals surface area (Å²) in [7, 11) is 0. The summed E-state index contributed by atoms with van der Waals surface area (Å²) in [4.78, 5) is 14.1. The first kappa shape index (κ1) is 19.9. The van der Waals surface area contributed by atoms with Gasteiger partial charge in [0, 0.05) is 10.9 Å². The Morgan fingerprint density at radius 3 is 2.77 bits per heavy atom. The number of hydrogen-bond acceptors (Lipinski definition) is 8. The lowest BCUT2D eigenvalue weighted by Crippen LogP contribution is -2.30. The van der Waals surface area contributed by atoms with Gasteiger partial charge in [-0.2, -0.15) is 0 Å². The largest absolute Gasteiger partial charge is 0.387 e. The summed E-state index contributed by atoms with van der Waals surface area (Å²) < 4.78 is 8.31. The molecule has 8 nitrogen and oxygen atoms in total. The van der Waals surface area contributed by atoms with E-state index < -0.39 is 24.5 Å². The van der Waals surface area contributed by atoms with E-state index in [1.165, 1.54) is 30.5 Å². The molecule has 1 saturated heterocycles. The third-order valence-electron chi connectivity index (χ3n) is 5.65. The second-order valence-corrected chi connectivity index (χ2v) is 9.39. The maximum absolute atomic E-state index is 10.6. The Kier molecular flexibility index (Phi) is 5.46. The molecular formula is C20H22ClN5O3S. The molecule has 3 N–H and O–H groups in total. The SMILES string of the molecule is O[C@@H]1[C@H](O)[C@@H](C=Cc2ccc(Cl)s2)O[C@H]1n1cnc2c(NC3CCCC3)ncnc21. The molecule has 2 aliphatic rings. The second kappa shape index (κ2) is 8.24. The maximum Gasteiger partial charge on any atom is 0.167 e. The van der Waals surface area contributed by atoms with Crippen LogP contribution in [0.2, 0.25) is 4.34 Å². The first-order valence-electron chi connectivity index (χ1n) is 9.99. The van der Waals surface area contributed by atoms with Crippen LogP contribution in [-0.2, 0) is 4.74 Å². The topological polar surface area (TPSA) is 105 Å². The van der Waals surface area contributed by atoms with E-state index in [1.54, 1.807) is 17.0 Å². The summed E-state index contributed by atoms with van der Waals surface area (Å²) in [5.74, 6) is 0.685. The Balaban J connectivity index is 1.38. The van der Waals surface area contributed by atoms with Crippen LogP contribution in [0.15, 0.2) is 30.9 Å². The van der Waals surface area contributed by atoms with E-state index in [9.17, 15) is 10.2 Å². The minimum absolute atomic E-state index is 0.392. The molecule has 0 amide bonds.